The van der Waals surface area contributed by atoms with Crippen molar-refractivity contribution in [3.8, 4) is 0 Å². The molecule has 11 heteroatoms. The number of nitrogens with one attached hydrogen (secondary N) is 2. The summed E-state index contributed by atoms with van der Waals surface area (Å²) in [5.74, 6) is 0. The number of rotatable bonds is 4. The molecule has 0 saturated carbocycles. The molecule has 112 valence electrons. The van der Waals surface area contributed by atoms with Crippen LogP contribution in [0.1, 0.15) is 0 Å². The lowest BCUT2D eigenvalue weighted by Crippen LogP contribution is -2.23. The molecule has 4 N–H and O–H groups in total. The van der Waals surface area contributed by atoms with Crippen molar-refractivity contribution in [2.24, 2.45) is 5.14 Å². The van der Waals surface area contributed by atoms with Crippen LogP contribution in [0.4, 0.5) is 29.3 Å². The number of alkyl halides is 3. The number of nitrogens with two attached hydrogens (primary N) is 1. The first-order chi connectivity index (χ1) is 9.05. The fourth-order valence-corrected chi connectivity index (χ4v) is 1.58. The lowest BCUT2D eigenvalue weighted by atomic mass is 10.3. The molecule has 0 spiro atoms. The van der Waals surface area contributed by atoms with Crippen molar-refractivity contribution in [2.75, 3.05) is 16.6 Å². The van der Waals surface area contributed by atoms with Crippen molar-refractivity contribution < 1.29 is 31.1 Å². The third-order valence-corrected chi connectivity index (χ3v) is 2.26. The Morgan fingerprint density at radius 1 is 1.30 bits per heavy atom. The van der Waals surface area contributed by atoms with Crippen LogP contribution in [-0.4, -0.2) is 27.3 Å². The summed E-state index contributed by atoms with van der Waals surface area (Å²) in [5.41, 5.74) is 0.0620. The molecule has 0 unspecified atom stereocenters. The van der Waals surface area contributed by atoms with Crippen LogP contribution in [0.2, 0.25) is 0 Å². The number of ether oxygens (including phenoxy) is 1. The highest BCUT2D eigenvalue weighted by atomic mass is 32.2. The molecule has 0 aliphatic carbocycles. The average Bonchev–Trinajstić information content (AvgIpc) is 2.23. The molecule has 1 aromatic carbocycles. The maximum absolute atomic E-state index is 11.8. The first-order valence-electron chi connectivity index (χ1n) is 4.96. The second-order valence-electron chi connectivity index (χ2n) is 3.54. The second-order valence-corrected chi connectivity index (χ2v) is 4.84. The zero-order chi connectivity index (χ0) is 15.4. The monoisotopic (exact) mass is 313 g/mol. The van der Waals surface area contributed by atoms with Crippen molar-refractivity contribution in [1.29, 1.82) is 0 Å². The number of hydrogen-bond donors (Lipinski definition) is 3. The zero-order valence-corrected chi connectivity index (χ0v) is 10.6. The quantitative estimate of drug-likeness (QED) is 0.780. The van der Waals surface area contributed by atoms with E-state index in [9.17, 15) is 26.4 Å². The van der Waals surface area contributed by atoms with E-state index in [0.717, 1.165) is 6.07 Å². The number of hydrogen-bond acceptors (Lipinski definition) is 4. The molecular weight excluding hydrogens is 303 g/mol. The Labute approximate surface area is 112 Å². The van der Waals surface area contributed by atoms with E-state index in [1.807, 2.05) is 10.0 Å². The van der Waals surface area contributed by atoms with Gasteiger partial charge >= 0.3 is 12.3 Å². The Morgan fingerprint density at radius 3 is 2.45 bits per heavy atom. The van der Waals surface area contributed by atoms with Gasteiger partial charge in [-0.3, -0.25) is 10.0 Å². The second kappa shape index (κ2) is 5.96. The van der Waals surface area contributed by atoms with Gasteiger partial charge in [0.05, 0.1) is 5.69 Å². The number of amides is 1. The summed E-state index contributed by atoms with van der Waals surface area (Å²) in [7, 11) is -3.99. The summed E-state index contributed by atoms with van der Waals surface area (Å²) in [6, 6.07) is 5.16. The Balaban J connectivity index is 2.64. The molecule has 20 heavy (non-hydrogen) atoms. The molecule has 0 saturated heterocycles. The molecule has 0 radical (unpaired) electrons. The SMILES string of the molecule is NS(=O)(=O)Nc1cccc(NC(=O)OCC(F)(F)F)c1. The fraction of sp³-hybridized carbons (Fsp3) is 0.222. The van der Waals surface area contributed by atoms with E-state index in [2.05, 4.69) is 4.74 Å². The van der Waals surface area contributed by atoms with Gasteiger partial charge in [0.15, 0.2) is 6.61 Å². The Hall–Kier alpha value is -2.01. The Kier molecular flexibility index (Phi) is 4.78. The van der Waals surface area contributed by atoms with Gasteiger partial charge < -0.3 is 4.74 Å². The van der Waals surface area contributed by atoms with Crippen LogP contribution in [0.15, 0.2) is 24.3 Å². The minimum Gasteiger partial charge on any atom is -0.440 e. The summed E-state index contributed by atoms with van der Waals surface area (Å²) in [6.07, 6.45) is -5.95. The summed E-state index contributed by atoms with van der Waals surface area (Å²) in [5, 5.41) is 6.74. The highest BCUT2D eigenvalue weighted by molar-refractivity contribution is 7.90. The number of benzene rings is 1. The number of carbonyl (C=O) groups excluding carboxylic acids is 1. The minimum absolute atomic E-state index is 0.0288. The predicted octanol–water partition coefficient (Wildman–Crippen LogP) is 1.41. The molecule has 7 nitrogen and oxygen atoms in total. The minimum atomic E-state index is -4.63. The van der Waals surface area contributed by atoms with Gasteiger partial charge in [-0.15, -0.1) is 0 Å². The molecule has 0 bridgehead atoms. The van der Waals surface area contributed by atoms with E-state index < -0.39 is 29.1 Å². The van der Waals surface area contributed by atoms with Gasteiger partial charge in [-0.2, -0.15) is 21.6 Å². The van der Waals surface area contributed by atoms with Crippen LogP contribution in [0.5, 0.6) is 0 Å². The molecule has 0 aliphatic rings. The van der Waals surface area contributed by atoms with E-state index >= 15 is 0 Å². The van der Waals surface area contributed by atoms with E-state index in [1.54, 1.807) is 0 Å². The van der Waals surface area contributed by atoms with Crippen LogP contribution < -0.4 is 15.2 Å². The van der Waals surface area contributed by atoms with E-state index in [4.69, 9.17) is 5.14 Å². The Morgan fingerprint density at radius 2 is 1.90 bits per heavy atom. The van der Waals surface area contributed by atoms with Gasteiger partial charge in [-0.1, -0.05) is 6.07 Å². The smallest absolute Gasteiger partial charge is 0.422 e. The highest BCUT2D eigenvalue weighted by Crippen LogP contribution is 2.17. The average molecular weight is 313 g/mol. The van der Waals surface area contributed by atoms with Gasteiger partial charge in [-0.25, -0.2) is 9.93 Å². The van der Waals surface area contributed by atoms with Crippen molar-refractivity contribution in [3.63, 3.8) is 0 Å². The largest absolute Gasteiger partial charge is 0.440 e. The van der Waals surface area contributed by atoms with E-state index in [-0.39, 0.29) is 11.4 Å². The summed E-state index contributed by atoms with van der Waals surface area (Å²) < 4.78 is 62.8. The van der Waals surface area contributed by atoms with E-state index in [1.165, 1.54) is 18.2 Å². The standard InChI is InChI=1S/C9H10F3N3O4S/c10-9(11,12)5-19-8(16)14-6-2-1-3-7(4-6)15-20(13,17)18/h1-4,15H,5H2,(H,14,16)(H2,13,17,18). The number of anilines is 2. The first-order valence-corrected chi connectivity index (χ1v) is 6.51. The van der Waals surface area contributed by atoms with Gasteiger partial charge in [0.2, 0.25) is 0 Å². The van der Waals surface area contributed by atoms with Crippen molar-refractivity contribution >= 4 is 27.7 Å². The fourth-order valence-electron chi connectivity index (χ4n) is 1.13. The van der Waals surface area contributed by atoms with Crippen LogP contribution in [-0.2, 0) is 14.9 Å². The van der Waals surface area contributed by atoms with Gasteiger partial charge in [0.25, 0.3) is 10.2 Å². The third kappa shape index (κ3) is 6.80. The normalized spacial score (nSPS) is 11.8. The van der Waals surface area contributed by atoms with Gasteiger partial charge in [0, 0.05) is 5.69 Å². The first kappa shape index (κ1) is 16.0. The van der Waals surface area contributed by atoms with Gasteiger partial charge in [0.1, 0.15) is 0 Å². The number of carbonyl (C=O) groups is 1. The summed E-state index contributed by atoms with van der Waals surface area (Å²) >= 11 is 0. The molecular formula is C9H10F3N3O4S. The van der Waals surface area contributed by atoms with Crippen molar-refractivity contribution in [2.45, 2.75) is 6.18 Å². The topological polar surface area (TPSA) is 111 Å². The molecule has 1 aromatic rings. The lowest BCUT2D eigenvalue weighted by molar-refractivity contribution is -0.159. The summed E-state index contributed by atoms with van der Waals surface area (Å²) in [6.45, 7) is -1.73. The van der Waals surface area contributed by atoms with Gasteiger partial charge in [-0.05, 0) is 18.2 Å². The molecule has 0 fully saturated rings. The lowest BCUT2D eigenvalue weighted by Gasteiger charge is -2.10. The maximum atomic E-state index is 11.8. The molecule has 1 rings (SSSR count). The summed E-state index contributed by atoms with van der Waals surface area (Å²) in [4.78, 5) is 11.1. The third-order valence-electron chi connectivity index (χ3n) is 1.74. The molecule has 0 aromatic heterocycles. The Bertz CT molecular complexity index is 588. The molecule has 0 aliphatic heterocycles. The zero-order valence-electron chi connectivity index (χ0n) is 9.77. The predicted molar refractivity (Wildman–Crippen MR) is 64.2 cm³/mol. The molecule has 1 amide bonds. The van der Waals surface area contributed by atoms with Crippen LogP contribution in [0.25, 0.3) is 0 Å². The maximum Gasteiger partial charge on any atom is 0.422 e. The van der Waals surface area contributed by atoms with Crippen LogP contribution >= 0.6 is 0 Å². The van der Waals surface area contributed by atoms with E-state index in [0.29, 0.717) is 0 Å². The molecule has 0 atom stereocenters. The van der Waals surface area contributed by atoms with Crippen molar-refractivity contribution in [1.82, 2.24) is 0 Å². The van der Waals surface area contributed by atoms with Crippen molar-refractivity contribution in [3.05, 3.63) is 24.3 Å². The van der Waals surface area contributed by atoms with Crippen LogP contribution in [0.3, 0.4) is 0 Å². The van der Waals surface area contributed by atoms with Crippen LogP contribution in [0, 0.1) is 0 Å². The number of halogens is 3. The molecule has 0 heterocycles. The highest BCUT2D eigenvalue weighted by Gasteiger charge is 2.29.